The van der Waals surface area contributed by atoms with Gasteiger partial charge >= 0.3 is 23.9 Å². The van der Waals surface area contributed by atoms with Crippen LogP contribution in [0.5, 0.6) is 0 Å². The quantitative estimate of drug-likeness (QED) is 0.395. The van der Waals surface area contributed by atoms with E-state index in [0.717, 1.165) is 27.1 Å². The summed E-state index contributed by atoms with van der Waals surface area (Å²) in [5.41, 5.74) is -1.89. The normalized spacial score (nSPS) is 37.1. The summed E-state index contributed by atoms with van der Waals surface area (Å²) in [7, 11) is 4.64. The first kappa shape index (κ1) is 21.5. The van der Waals surface area contributed by atoms with Crippen LogP contribution in [0.25, 0.3) is 0 Å². The van der Waals surface area contributed by atoms with Crippen LogP contribution in [0.3, 0.4) is 0 Å². The van der Waals surface area contributed by atoms with Crippen molar-refractivity contribution in [2.24, 2.45) is 40.9 Å². The maximum Gasteiger partial charge on any atom is 0.323 e. The molecule has 29 heavy (non-hydrogen) atoms. The fraction of sp³-hybridized carbons (Fsp3) is 0.800. The van der Waals surface area contributed by atoms with Crippen molar-refractivity contribution in [1.82, 2.24) is 0 Å². The lowest BCUT2D eigenvalue weighted by Crippen LogP contribution is -2.63. The van der Waals surface area contributed by atoms with Gasteiger partial charge < -0.3 is 24.1 Å². The Bertz CT molecular complexity index is 644. The average molecular weight is 412 g/mol. The van der Waals surface area contributed by atoms with E-state index in [0.29, 0.717) is 12.8 Å². The third-order valence-electron chi connectivity index (χ3n) is 7.35. The predicted octanol–water partition coefficient (Wildman–Crippen LogP) is 0.324. The summed E-state index contributed by atoms with van der Waals surface area (Å²) in [6.07, 6.45) is 1.59. The molecule has 0 saturated heterocycles. The molecule has 3 aliphatic carbocycles. The Morgan fingerprint density at radius 3 is 1.41 bits per heavy atom. The van der Waals surface area contributed by atoms with Crippen LogP contribution in [0.1, 0.15) is 25.7 Å². The first-order valence-electron chi connectivity index (χ1n) is 9.83. The monoisotopic (exact) mass is 412 g/mol. The van der Waals surface area contributed by atoms with E-state index in [1.807, 2.05) is 0 Å². The maximum atomic E-state index is 13.2. The van der Waals surface area contributed by atoms with Gasteiger partial charge in [0.2, 0.25) is 0 Å². The molecular formula is C20H28O9. The number of fused-ring (bicyclic) bond motifs is 5. The largest absolute Gasteiger partial charge is 0.469 e. The summed E-state index contributed by atoms with van der Waals surface area (Å²) in [6.45, 7) is 0. The molecule has 2 bridgehead atoms. The molecular weight excluding hydrogens is 384 g/mol. The Morgan fingerprint density at radius 2 is 1.10 bits per heavy atom. The zero-order valence-corrected chi connectivity index (χ0v) is 17.1. The highest BCUT2D eigenvalue weighted by atomic mass is 16.6. The molecule has 0 aliphatic heterocycles. The van der Waals surface area contributed by atoms with Gasteiger partial charge in [0.1, 0.15) is 0 Å². The number of ether oxygens (including phenoxy) is 4. The highest BCUT2D eigenvalue weighted by Gasteiger charge is 2.78. The summed E-state index contributed by atoms with van der Waals surface area (Å²) in [5.74, 6) is -8.04. The molecule has 0 aromatic carbocycles. The standard InChI is InChI=1S/C20H28O9/c1-26-16(22)11-13-9-7-5-6-8-10(9)14(12(15(11)21)17(23)27-2)20(13,18(24)28-3)19(25)29-4/h9-15,21H,5-8H2,1-4H3/t9-,10-,11-,12+,13-,14-,15?/m1/s1. The summed E-state index contributed by atoms with van der Waals surface area (Å²) < 4.78 is 19.9. The Kier molecular flexibility index (Phi) is 5.89. The van der Waals surface area contributed by atoms with Crippen LogP contribution in [-0.4, -0.2) is 63.5 Å². The van der Waals surface area contributed by atoms with Crippen molar-refractivity contribution in [2.75, 3.05) is 28.4 Å². The topological polar surface area (TPSA) is 125 Å². The second-order valence-electron chi connectivity index (χ2n) is 8.10. The number of aliphatic hydroxyl groups is 1. The van der Waals surface area contributed by atoms with E-state index in [4.69, 9.17) is 18.9 Å². The third-order valence-corrected chi connectivity index (χ3v) is 7.35. The second kappa shape index (κ2) is 7.93. The molecule has 9 nitrogen and oxygen atoms in total. The summed E-state index contributed by atoms with van der Waals surface area (Å²) in [4.78, 5) is 51.9. The first-order chi connectivity index (χ1) is 13.8. The second-order valence-corrected chi connectivity index (χ2v) is 8.10. The minimum atomic E-state index is -1.89. The number of aliphatic hydroxyl groups excluding tert-OH is 1. The van der Waals surface area contributed by atoms with Crippen LogP contribution in [0.4, 0.5) is 0 Å². The van der Waals surface area contributed by atoms with Gasteiger partial charge in [0.25, 0.3) is 0 Å². The smallest absolute Gasteiger partial charge is 0.323 e. The highest BCUT2D eigenvalue weighted by molar-refractivity contribution is 6.03. The van der Waals surface area contributed by atoms with Crippen LogP contribution < -0.4 is 0 Å². The summed E-state index contributed by atoms with van der Waals surface area (Å²) in [5, 5.41) is 11.1. The van der Waals surface area contributed by atoms with Gasteiger partial charge in [-0.25, -0.2) is 0 Å². The van der Waals surface area contributed by atoms with Gasteiger partial charge in [-0.3, -0.25) is 19.2 Å². The molecule has 3 saturated carbocycles. The van der Waals surface area contributed by atoms with Gasteiger partial charge in [0, 0.05) is 11.8 Å². The lowest BCUT2D eigenvalue weighted by molar-refractivity contribution is -0.201. The van der Waals surface area contributed by atoms with Crippen molar-refractivity contribution in [1.29, 1.82) is 0 Å². The number of carbonyl (C=O) groups excluding carboxylic acids is 4. The number of rotatable bonds is 4. The van der Waals surface area contributed by atoms with Crippen LogP contribution in [0.2, 0.25) is 0 Å². The van der Waals surface area contributed by atoms with Crippen LogP contribution in [0, 0.1) is 40.9 Å². The molecule has 0 radical (unpaired) electrons. The molecule has 0 spiro atoms. The average Bonchev–Trinajstić information content (AvgIpc) is 2.98. The zero-order chi connectivity index (χ0) is 21.5. The van der Waals surface area contributed by atoms with E-state index in [1.54, 1.807) is 0 Å². The Labute approximate surface area is 169 Å². The van der Waals surface area contributed by atoms with Crippen molar-refractivity contribution in [3.05, 3.63) is 0 Å². The molecule has 0 aromatic heterocycles. The van der Waals surface area contributed by atoms with Crippen molar-refractivity contribution in [2.45, 2.75) is 31.8 Å². The van der Waals surface area contributed by atoms with Crippen molar-refractivity contribution >= 4 is 23.9 Å². The molecule has 3 aliphatic rings. The molecule has 9 heteroatoms. The van der Waals surface area contributed by atoms with E-state index in [2.05, 4.69) is 0 Å². The molecule has 0 aromatic rings. The predicted molar refractivity (Wildman–Crippen MR) is 95.9 cm³/mol. The van der Waals surface area contributed by atoms with Gasteiger partial charge in [-0.15, -0.1) is 0 Å². The van der Waals surface area contributed by atoms with Gasteiger partial charge in [0.15, 0.2) is 5.41 Å². The van der Waals surface area contributed by atoms with Crippen molar-refractivity contribution < 1.29 is 43.2 Å². The van der Waals surface area contributed by atoms with Gasteiger partial charge in [-0.2, -0.15) is 0 Å². The maximum absolute atomic E-state index is 13.2. The Balaban J connectivity index is 2.34. The van der Waals surface area contributed by atoms with Gasteiger partial charge in [0.05, 0.1) is 46.4 Å². The lowest BCUT2D eigenvalue weighted by atomic mass is 9.54. The van der Waals surface area contributed by atoms with Gasteiger partial charge in [-0.05, 0) is 24.7 Å². The minimum Gasteiger partial charge on any atom is -0.469 e. The molecule has 3 rings (SSSR count). The minimum absolute atomic E-state index is 0.236. The molecule has 3 fully saturated rings. The van der Waals surface area contributed by atoms with Crippen molar-refractivity contribution in [3.63, 3.8) is 0 Å². The van der Waals surface area contributed by atoms with Crippen LogP contribution in [0.15, 0.2) is 0 Å². The van der Waals surface area contributed by atoms with Crippen molar-refractivity contribution in [3.8, 4) is 0 Å². The highest BCUT2D eigenvalue weighted by Crippen LogP contribution is 2.68. The molecule has 162 valence electrons. The molecule has 7 atom stereocenters. The number of hydrogen-bond acceptors (Lipinski definition) is 9. The van der Waals surface area contributed by atoms with E-state index >= 15 is 0 Å². The zero-order valence-electron chi connectivity index (χ0n) is 17.1. The van der Waals surface area contributed by atoms with Crippen LogP contribution >= 0.6 is 0 Å². The fourth-order valence-electron chi connectivity index (χ4n) is 6.53. The van der Waals surface area contributed by atoms with Crippen LogP contribution in [-0.2, 0) is 38.1 Å². The number of carbonyl (C=O) groups is 4. The third kappa shape index (κ3) is 2.77. The number of methoxy groups -OCH3 is 4. The first-order valence-corrected chi connectivity index (χ1v) is 9.83. The van der Waals surface area contributed by atoms with E-state index in [-0.39, 0.29) is 11.8 Å². The summed E-state index contributed by atoms with van der Waals surface area (Å²) in [6, 6.07) is 0. The molecule has 1 N–H and O–H groups in total. The molecule has 1 unspecified atom stereocenters. The Morgan fingerprint density at radius 1 is 0.724 bits per heavy atom. The SMILES string of the molecule is COC(=O)[C@@H]1C(O)[C@H](C(=O)OC)[C@H]2[C@@H]3CCCC[C@H]3[C@H]1C2(C(=O)OC)C(=O)OC. The molecule has 0 amide bonds. The number of hydrogen-bond donors (Lipinski definition) is 1. The van der Waals surface area contributed by atoms with Gasteiger partial charge in [-0.1, -0.05) is 12.8 Å². The van der Waals surface area contributed by atoms with E-state index < -0.39 is 59.1 Å². The Hall–Kier alpha value is -2.16. The molecule has 0 heterocycles. The fourth-order valence-corrected chi connectivity index (χ4v) is 6.53. The number of esters is 4. The lowest BCUT2D eigenvalue weighted by Gasteiger charge is -2.48. The van der Waals surface area contributed by atoms with E-state index in [9.17, 15) is 24.3 Å². The van der Waals surface area contributed by atoms with E-state index in [1.165, 1.54) is 14.2 Å². The summed E-state index contributed by atoms with van der Waals surface area (Å²) >= 11 is 0.